The molecule has 2 heteroatoms. The first-order valence-electron chi connectivity index (χ1n) is 5.83. The van der Waals surface area contributed by atoms with Gasteiger partial charge in [-0.2, -0.15) is 0 Å². The number of likely N-dealkylation sites (tertiary alicyclic amines) is 1. The van der Waals surface area contributed by atoms with E-state index in [1.807, 2.05) is 0 Å². The number of epoxide rings is 1. The second-order valence-corrected chi connectivity index (χ2v) is 4.54. The molecule has 1 unspecified atom stereocenters. The number of nitrogens with zero attached hydrogens (tertiary/aromatic N) is 1. The smallest absolute Gasteiger partial charge is 0.0964 e. The fourth-order valence-corrected chi connectivity index (χ4v) is 2.56. The van der Waals surface area contributed by atoms with Gasteiger partial charge in [0, 0.05) is 12.6 Å². The molecule has 0 bridgehead atoms. The Bertz CT molecular complexity index is 321. The second-order valence-electron chi connectivity index (χ2n) is 4.54. The third-order valence-corrected chi connectivity index (χ3v) is 3.43. The molecule has 0 radical (unpaired) electrons. The maximum Gasteiger partial charge on any atom is 0.0964 e. The van der Waals surface area contributed by atoms with E-state index in [1.54, 1.807) is 0 Å². The third kappa shape index (κ3) is 2.06. The fourth-order valence-electron chi connectivity index (χ4n) is 2.56. The topological polar surface area (TPSA) is 15.8 Å². The number of hydrogen-bond donors (Lipinski definition) is 0. The highest BCUT2D eigenvalue weighted by atomic mass is 16.6. The normalized spacial score (nSPS) is 30.7. The molecule has 2 saturated heterocycles. The van der Waals surface area contributed by atoms with Crippen molar-refractivity contribution < 1.29 is 4.74 Å². The van der Waals surface area contributed by atoms with Gasteiger partial charge in [0.05, 0.1) is 12.7 Å². The lowest BCUT2D eigenvalue weighted by atomic mass is 10.1. The van der Waals surface area contributed by atoms with Crippen LogP contribution in [0.5, 0.6) is 0 Å². The van der Waals surface area contributed by atoms with Crippen LogP contribution in [-0.2, 0) is 11.3 Å². The van der Waals surface area contributed by atoms with Crippen LogP contribution in [0.15, 0.2) is 30.3 Å². The molecule has 0 N–H and O–H groups in total. The summed E-state index contributed by atoms with van der Waals surface area (Å²) in [6, 6.07) is 11.4. The van der Waals surface area contributed by atoms with Crippen molar-refractivity contribution in [3.05, 3.63) is 35.9 Å². The lowest BCUT2D eigenvalue weighted by Gasteiger charge is -2.22. The summed E-state index contributed by atoms with van der Waals surface area (Å²) in [6.07, 6.45) is 3.19. The number of ether oxygens (including phenoxy) is 1. The molecule has 2 nitrogen and oxygen atoms in total. The van der Waals surface area contributed by atoms with Crippen LogP contribution in [0.1, 0.15) is 18.4 Å². The predicted octanol–water partition coefficient (Wildman–Crippen LogP) is 2.05. The van der Waals surface area contributed by atoms with E-state index >= 15 is 0 Å². The summed E-state index contributed by atoms with van der Waals surface area (Å²) >= 11 is 0. The Morgan fingerprint density at radius 1 is 1.27 bits per heavy atom. The molecule has 2 aliphatic rings. The Hall–Kier alpha value is -0.860. The largest absolute Gasteiger partial charge is 0.371 e. The van der Waals surface area contributed by atoms with Gasteiger partial charge >= 0.3 is 0 Å². The minimum Gasteiger partial charge on any atom is -0.371 e. The van der Waals surface area contributed by atoms with E-state index < -0.39 is 0 Å². The van der Waals surface area contributed by atoms with Crippen molar-refractivity contribution in [2.24, 2.45) is 0 Å². The zero-order chi connectivity index (χ0) is 10.1. The van der Waals surface area contributed by atoms with Gasteiger partial charge in [0.25, 0.3) is 0 Å². The van der Waals surface area contributed by atoms with Crippen molar-refractivity contribution in [3.63, 3.8) is 0 Å². The van der Waals surface area contributed by atoms with Gasteiger partial charge in [-0.1, -0.05) is 30.3 Å². The highest BCUT2D eigenvalue weighted by Crippen LogP contribution is 2.29. The summed E-state index contributed by atoms with van der Waals surface area (Å²) in [4.78, 5) is 2.58. The molecule has 1 aromatic carbocycles. The Balaban J connectivity index is 1.67. The molecule has 2 atom stereocenters. The zero-order valence-electron chi connectivity index (χ0n) is 8.93. The van der Waals surface area contributed by atoms with E-state index in [1.165, 1.54) is 24.9 Å². The van der Waals surface area contributed by atoms with Gasteiger partial charge in [-0.25, -0.2) is 0 Å². The highest BCUT2D eigenvalue weighted by Gasteiger charge is 2.39. The molecular weight excluding hydrogens is 186 g/mol. The van der Waals surface area contributed by atoms with Crippen LogP contribution in [0.4, 0.5) is 0 Å². The Kier molecular flexibility index (Phi) is 2.47. The lowest BCUT2D eigenvalue weighted by molar-refractivity contribution is 0.201. The van der Waals surface area contributed by atoms with Crippen molar-refractivity contribution in [2.75, 3.05) is 13.2 Å². The molecule has 0 saturated carbocycles. The van der Waals surface area contributed by atoms with E-state index in [0.29, 0.717) is 12.1 Å². The first kappa shape index (κ1) is 9.37. The third-order valence-electron chi connectivity index (χ3n) is 3.43. The molecule has 2 fully saturated rings. The van der Waals surface area contributed by atoms with Crippen LogP contribution >= 0.6 is 0 Å². The Morgan fingerprint density at radius 2 is 2.07 bits per heavy atom. The number of benzene rings is 1. The molecule has 0 aliphatic carbocycles. The van der Waals surface area contributed by atoms with E-state index in [2.05, 4.69) is 35.2 Å². The maximum atomic E-state index is 5.42. The molecule has 2 heterocycles. The average molecular weight is 203 g/mol. The molecular formula is C13H17NO. The van der Waals surface area contributed by atoms with Crippen LogP contribution in [0.2, 0.25) is 0 Å². The van der Waals surface area contributed by atoms with Crippen molar-refractivity contribution >= 4 is 0 Å². The van der Waals surface area contributed by atoms with E-state index in [-0.39, 0.29) is 0 Å². The number of rotatable bonds is 3. The van der Waals surface area contributed by atoms with Crippen molar-refractivity contribution in [3.8, 4) is 0 Å². The van der Waals surface area contributed by atoms with Crippen molar-refractivity contribution in [1.82, 2.24) is 4.90 Å². The van der Waals surface area contributed by atoms with Crippen LogP contribution < -0.4 is 0 Å². The first-order chi connectivity index (χ1) is 7.43. The van der Waals surface area contributed by atoms with E-state index in [4.69, 9.17) is 4.74 Å². The van der Waals surface area contributed by atoms with Gasteiger partial charge in [-0.3, -0.25) is 4.90 Å². The summed E-state index contributed by atoms with van der Waals surface area (Å²) in [5.74, 6) is 0. The summed E-state index contributed by atoms with van der Waals surface area (Å²) in [6.45, 7) is 3.31. The molecule has 1 aromatic rings. The van der Waals surface area contributed by atoms with Crippen molar-refractivity contribution in [1.29, 1.82) is 0 Å². The monoisotopic (exact) mass is 203 g/mol. The van der Waals surface area contributed by atoms with Crippen molar-refractivity contribution in [2.45, 2.75) is 31.5 Å². The zero-order valence-corrected chi connectivity index (χ0v) is 8.93. The fraction of sp³-hybridized carbons (Fsp3) is 0.538. The van der Waals surface area contributed by atoms with Gasteiger partial charge in [0.1, 0.15) is 0 Å². The highest BCUT2D eigenvalue weighted by molar-refractivity contribution is 5.15. The lowest BCUT2D eigenvalue weighted by Crippen LogP contribution is -2.33. The standard InChI is InChI=1S/C13H17NO/c1-2-5-11(6-3-1)9-14-8-4-7-12(14)13-10-15-13/h1-3,5-6,12-13H,4,7-10H2/t12?,13-/m0/s1. The van der Waals surface area contributed by atoms with E-state index in [0.717, 1.165) is 13.2 Å². The van der Waals surface area contributed by atoms with Gasteiger partial charge < -0.3 is 4.74 Å². The Morgan fingerprint density at radius 3 is 2.80 bits per heavy atom. The molecule has 0 spiro atoms. The second kappa shape index (κ2) is 3.95. The maximum absolute atomic E-state index is 5.42. The van der Waals surface area contributed by atoms with E-state index in [9.17, 15) is 0 Å². The SMILES string of the molecule is c1ccc(CN2CCCC2[C@@H]2CO2)cc1. The van der Waals surface area contributed by atoms with Crippen LogP contribution in [0, 0.1) is 0 Å². The number of hydrogen-bond acceptors (Lipinski definition) is 2. The summed E-state index contributed by atoms with van der Waals surface area (Å²) in [5, 5.41) is 0. The van der Waals surface area contributed by atoms with Crippen LogP contribution in [-0.4, -0.2) is 30.2 Å². The predicted molar refractivity (Wildman–Crippen MR) is 59.6 cm³/mol. The van der Waals surface area contributed by atoms with Crippen LogP contribution in [0.25, 0.3) is 0 Å². The molecule has 2 aliphatic heterocycles. The van der Waals surface area contributed by atoms with Crippen LogP contribution in [0.3, 0.4) is 0 Å². The minimum absolute atomic E-state index is 0.538. The van der Waals surface area contributed by atoms with Gasteiger partial charge in [-0.05, 0) is 24.9 Å². The first-order valence-corrected chi connectivity index (χ1v) is 5.83. The molecule has 3 rings (SSSR count). The molecule has 0 amide bonds. The van der Waals surface area contributed by atoms with Gasteiger partial charge in [0.2, 0.25) is 0 Å². The molecule has 80 valence electrons. The minimum atomic E-state index is 0.538. The summed E-state index contributed by atoms with van der Waals surface area (Å²) < 4.78 is 5.42. The summed E-state index contributed by atoms with van der Waals surface area (Å²) in [7, 11) is 0. The van der Waals surface area contributed by atoms with Gasteiger partial charge in [0.15, 0.2) is 0 Å². The summed E-state index contributed by atoms with van der Waals surface area (Å²) in [5.41, 5.74) is 1.42. The van der Waals surface area contributed by atoms with Gasteiger partial charge in [-0.15, -0.1) is 0 Å². The molecule has 0 aromatic heterocycles. The Labute approximate surface area is 90.8 Å². The molecule has 15 heavy (non-hydrogen) atoms. The average Bonchev–Trinajstić information content (AvgIpc) is 3.02. The quantitative estimate of drug-likeness (QED) is 0.699.